The maximum absolute atomic E-state index is 12.6. The predicted octanol–water partition coefficient (Wildman–Crippen LogP) is 3.21. The molecule has 158 valence electrons. The average Bonchev–Trinajstić information content (AvgIpc) is 3.43. The number of hydrogen-bond acceptors (Lipinski definition) is 7. The number of thiazole rings is 1. The maximum atomic E-state index is 12.6. The molecule has 1 heterocycles. The van der Waals surface area contributed by atoms with Crippen molar-refractivity contribution in [2.24, 2.45) is 0 Å². The number of para-hydroxylation sites is 1. The molecule has 0 atom stereocenters. The van der Waals surface area contributed by atoms with Crippen LogP contribution in [0.5, 0.6) is 0 Å². The second kappa shape index (κ2) is 10.5. The number of nitrogens with zero attached hydrogens (tertiary/aromatic N) is 1. The van der Waals surface area contributed by atoms with Crippen molar-refractivity contribution in [3.63, 3.8) is 0 Å². The Kier molecular flexibility index (Phi) is 7.56. The first-order chi connectivity index (χ1) is 14.6. The van der Waals surface area contributed by atoms with Crippen LogP contribution >= 0.6 is 11.3 Å². The van der Waals surface area contributed by atoms with Gasteiger partial charge in [0, 0.05) is 18.0 Å². The third kappa shape index (κ3) is 5.90. The molecule has 0 unspecified atom stereocenters. The van der Waals surface area contributed by atoms with Gasteiger partial charge in [0.25, 0.3) is 11.8 Å². The number of amides is 2. The molecule has 0 bridgehead atoms. The summed E-state index contributed by atoms with van der Waals surface area (Å²) in [5, 5.41) is 10.7. The van der Waals surface area contributed by atoms with Crippen LogP contribution in [0, 0.1) is 0 Å². The van der Waals surface area contributed by atoms with Crippen molar-refractivity contribution in [1.29, 1.82) is 0 Å². The first-order valence-electron chi connectivity index (χ1n) is 9.74. The zero-order valence-corrected chi connectivity index (χ0v) is 17.3. The van der Waals surface area contributed by atoms with Gasteiger partial charge >= 0.3 is 5.97 Å². The number of hydrogen-bond donors (Lipinski definition) is 3. The Balaban J connectivity index is 1.53. The molecular weight excluding hydrogens is 404 g/mol. The van der Waals surface area contributed by atoms with Gasteiger partial charge in [0.1, 0.15) is 0 Å². The molecule has 0 saturated heterocycles. The Morgan fingerprint density at radius 1 is 1.23 bits per heavy atom. The van der Waals surface area contributed by atoms with Crippen LogP contribution in [0.3, 0.4) is 0 Å². The molecule has 1 fully saturated rings. The zero-order valence-electron chi connectivity index (χ0n) is 16.5. The van der Waals surface area contributed by atoms with Crippen LogP contribution in [0.25, 0.3) is 0 Å². The standard InChI is InChI=1S/C21H24N4O4S/c1-2-11-22-21-25-17(13-30-21)20(28)29-12-18(26)24-16-10-6-5-9-15(16)19(27)23-14-7-3-4-8-14/h2,5-6,9-10,13-14H,1,3-4,7-8,11-12H2,(H,22,25)(H,23,27)(H,24,26). The number of nitrogens with one attached hydrogen (secondary N) is 3. The fraction of sp³-hybridized carbons (Fsp3) is 0.333. The minimum absolute atomic E-state index is 0.121. The molecule has 30 heavy (non-hydrogen) atoms. The number of anilines is 2. The van der Waals surface area contributed by atoms with E-state index in [1.165, 1.54) is 11.3 Å². The van der Waals surface area contributed by atoms with Crippen LogP contribution in [0.15, 0.2) is 42.3 Å². The van der Waals surface area contributed by atoms with Crippen molar-refractivity contribution < 1.29 is 19.1 Å². The summed E-state index contributed by atoms with van der Waals surface area (Å²) in [6, 6.07) is 6.92. The molecule has 2 amide bonds. The molecule has 2 aromatic rings. The van der Waals surface area contributed by atoms with Gasteiger partial charge in [-0.2, -0.15) is 0 Å². The van der Waals surface area contributed by atoms with Gasteiger partial charge in [-0.15, -0.1) is 17.9 Å². The second-order valence-corrected chi connectivity index (χ2v) is 7.69. The van der Waals surface area contributed by atoms with Crippen LogP contribution in [0.4, 0.5) is 10.8 Å². The van der Waals surface area contributed by atoms with Crippen molar-refractivity contribution in [3.05, 3.63) is 53.6 Å². The van der Waals surface area contributed by atoms with Gasteiger partial charge in [0.15, 0.2) is 17.4 Å². The lowest BCUT2D eigenvalue weighted by atomic mass is 10.1. The van der Waals surface area contributed by atoms with E-state index in [-0.39, 0.29) is 17.6 Å². The normalized spacial score (nSPS) is 13.5. The summed E-state index contributed by atoms with van der Waals surface area (Å²) in [4.78, 5) is 41.0. The number of aromatic nitrogens is 1. The van der Waals surface area contributed by atoms with Crippen LogP contribution in [-0.2, 0) is 9.53 Å². The molecule has 1 saturated carbocycles. The third-order valence-corrected chi connectivity index (χ3v) is 5.38. The highest BCUT2D eigenvalue weighted by molar-refractivity contribution is 7.13. The topological polar surface area (TPSA) is 109 Å². The van der Waals surface area contributed by atoms with Crippen molar-refractivity contribution in [3.8, 4) is 0 Å². The Morgan fingerprint density at radius 3 is 2.77 bits per heavy atom. The lowest BCUT2D eigenvalue weighted by molar-refractivity contribution is -0.119. The van der Waals surface area contributed by atoms with E-state index >= 15 is 0 Å². The molecule has 0 aliphatic heterocycles. The summed E-state index contributed by atoms with van der Waals surface area (Å²) in [7, 11) is 0. The highest BCUT2D eigenvalue weighted by Gasteiger charge is 2.20. The molecule has 0 radical (unpaired) electrons. The van der Waals surface area contributed by atoms with E-state index in [1.807, 2.05) is 0 Å². The van der Waals surface area contributed by atoms with E-state index in [9.17, 15) is 14.4 Å². The molecule has 0 spiro atoms. The molecule has 1 aromatic heterocycles. The first-order valence-corrected chi connectivity index (χ1v) is 10.6. The molecule has 1 aromatic carbocycles. The van der Waals surface area contributed by atoms with Gasteiger partial charge in [-0.25, -0.2) is 9.78 Å². The van der Waals surface area contributed by atoms with Crippen LogP contribution < -0.4 is 16.0 Å². The van der Waals surface area contributed by atoms with Crippen LogP contribution in [0.2, 0.25) is 0 Å². The summed E-state index contributed by atoms with van der Waals surface area (Å²) >= 11 is 1.26. The van der Waals surface area contributed by atoms with Crippen LogP contribution in [-0.4, -0.2) is 42.0 Å². The van der Waals surface area contributed by atoms with E-state index in [0.717, 1.165) is 25.7 Å². The summed E-state index contributed by atoms with van der Waals surface area (Å²) in [6.45, 7) is 3.64. The summed E-state index contributed by atoms with van der Waals surface area (Å²) in [5.41, 5.74) is 0.871. The van der Waals surface area contributed by atoms with Crippen molar-refractivity contribution in [2.75, 3.05) is 23.8 Å². The Labute approximate surface area is 178 Å². The first kappa shape index (κ1) is 21.5. The monoisotopic (exact) mass is 428 g/mol. The summed E-state index contributed by atoms with van der Waals surface area (Å²) in [5.74, 6) is -1.46. The van der Waals surface area contributed by atoms with E-state index in [4.69, 9.17) is 4.74 Å². The van der Waals surface area contributed by atoms with Crippen molar-refractivity contribution >= 4 is 39.9 Å². The molecule has 3 N–H and O–H groups in total. The fourth-order valence-corrected chi connectivity index (χ4v) is 3.81. The lowest BCUT2D eigenvalue weighted by Gasteiger charge is -2.15. The highest BCUT2D eigenvalue weighted by Crippen LogP contribution is 2.20. The van der Waals surface area contributed by atoms with E-state index in [0.29, 0.717) is 22.9 Å². The smallest absolute Gasteiger partial charge is 0.358 e. The van der Waals surface area contributed by atoms with E-state index < -0.39 is 18.5 Å². The minimum Gasteiger partial charge on any atom is -0.451 e. The zero-order chi connectivity index (χ0) is 21.3. The van der Waals surface area contributed by atoms with Crippen molar-refractivity contribution in [1.82, 2.24) is 10.3 Å². The number of carbonyl (C=O) groups excluding carboxylic acids is 3. The summed E-state index contributed by atoms with van der Waals surface area (Å²) < 4.78 is 5.03. The largest absolute Gasteiger partial charge is 0.451 e. The molecular formula is C21H24N4O4S. The number of carbonyl (C=O) groups is 3. The van der Waals surface area contributed by atoms with Crippen LogP contribution in [0.1, 0.15) is 46.5 Å². The number of benzene rings is 1. The number of ether oxygens (including phenoxy) is 1. The predicted molar refractivity (Wildman–Crippen MR) is 116 cm³/mol. The molecule has 1 aliphatic rings. The van der Waals surface area contributed by atoms with E-state index in [1.54, 1.807) is 35.7 Å². The SMILES string of the molecule is C=CCNc1nc(C(=O)OCC(=O)Nc2ccccc2C(=O)NC2CCCC2)cs1. The highest BCUT2D eigenvalue weighted by atomic mass is 32.1. The minimum atomic E-state index is -0.694. The van der Waals surface area contributed by atoms with Gasteiger partial charge in [0.05, 0.1) is 11.3 Å². The van der Waals surface area contributed by atoms with Gasteiger partial charge in [0.2, 0.25) is 0 Å². The maximum Gasteiger partial charge on any atom is 0.358 e. The summed E-state index contributed by atoms with van der Waals surface area (Å²) in [6.07, 6.45) is 5.84. The molecule has 3 rings (SSSR count). The number of esters is 1. The molecule has 9 heteroatoms. The lowest BCUT2D eigenvalue weighted by Crippen LogP contribution is -2.33. The average molecular weight is 429 g/mol. The fourth-order valence-electron chi connectivity index (χ4n) is 3.12. The van der Waals surface area contributed by atoms with Gasteiger partial charge in [-0.05, 0) is 25.0 Å². The molecule has 8 nitrogen and oxygen atoms in total. The van der Waals surface area contributed by atoms with Gasteiger partial charge < -0.3 is 20.7 Å². The van der Waals surface area contributed by atoms with Gasteiger partial charge in [-0.3, -0.25) is 9.59 Å². The molecule has 1 aliphatic carbocycles. The van der Waals surface area contributed by atoms with E-state index in [2.05, 4.69) is 27.5 Å². The second-order valence-electron chi connectivity index (χ2n) is 6.83. The quantitative estimate of drug-likeness (QED) is 0.418. The Hall–Kier alpha value is -3.20. The number of rotatable bonds is 9. The Morgan fingerprint density at radius 2 is 2.00 bits per heavy atom. The third-order valence-electron chi connectivity index (χ3n) is 4.58. The Bertz CT molecular complexity index is 921. The van der Waals surface area contributed by atoms with Crippen molar-refractivity contribution in [2.45, 2.75) is 31.7 Å². The van der Waals surface area contributed by atoms with Gasteiger partial charge in [-0.1, -0.05) is 31.1 Å².